The lowest BCUT2D eigenvalue weighted by Gasteiger charge is -2.28. The Kier molecular flexibility index (Phi) is 10.9. The van der Waals surface area contributed by atoms with Crippen molar-refractivity contribution in [1.29, 1.82) is 0 Å². The van der Waals surface area contributed by atoms with Crippen LogP contribution < -0.4 is 16.0 Å². The largest absolute Gasteiger partial charge is 0.339 e. The van der Waals surface area contributed by atoms with E-state index < -0.39 is 15.9 Å². The van der Waals surface area contributed by atoms with Gasteiger partial charge in [0.05, 0.1) is 5.56 Å². The van der Waals surface area contributed by atoms with Crippen LogP contribution in [0.2, 0.25) is 0 Å². The summed E-state index contributed by atoms with van der Waals surface area (Å²) < 4.78 is -1.20. The van der Waals surface area contributed by atoms with Crippen molar-refractivity contribution < 1.29 is 4.79 Å². The minimum Gasteiger partial charge on any atom is -0.339 e. The molecule has 0 saturated heterocycles. The molecule has 1 amide bonds. The summed E-state index contributed by atoms with van der Waals surface area (Å²) in [5, 5.41) is 8.81. The number of amides is 1. The summed E-state index contributed by atoms with van der Waals surface area (Å²) in [4.78, 5) is 12.6. The Balaban J connectivity index is 1.95. The van der Waals surface area contributed by atoms with Crippen LogP contribution >= 0.6 is 63.0 Å². The first-order valence-electron chi connectivity index (χ1n) is 9.99. The number of unbranched alkanes of at least 4 members (excludes halogenated alkanes) is 3. The fraction of sp³-hybridized carbons (Fsp3) is 0.364. The smallest absolute Gasteiger partial charge is 0.254 e. The molecule has 0 aliphatic carbocycles. The maximum Gasteiger partial charge on any atom is 0.254 e. The second-order valence-electron chi connectivity index (χ2n) is 7.03. The molecule has 3 N–H and O–H groups in total. The molecule has 0 saturated carbocycles. The van der Waals surface area contributed by atoms with E-state index in [2.05, 4.69) is 50.9 Å². The monoisotopic (exact) mass is 563 g/mol. The molecule has 2 rings (SSSR count). The molecule has 0 aliphatic rings. The van der Waals surface area contributed by atoms with Gasteiger partial charge >= 0.3 is 0 Å². The molecule has 168 valence electrons. The topological polar surface area (TPSA) is 53.2 Å². The van der Waals surface area contributed by atoms with E-state index in [1.54, 1.807) is 24.3 Å². The zero-order chi connectivity index (χ0) is 22.9. The molecular weight excluding hydrogens is 541 g/mol. The number of thiocarbonyl (C=S) groups is 1. The van der Waals surface area contributed by atoms with Gasteiger partial charge in [0.2, 0.25) is 3.79 Å². The van der Waals surface area contributed by atoms with Crippen molar-refractivity contribution in [2.24, 2.45) is 0 Å². The number of anilines is 1. The van der Waals surface area contributed by atoms with Gasteiger partial charge < -0.3 is 16.0 Å². The molecule has 0 bridgehead atoms. The second-order valence-corrected chi connectivity index (χ2v) is 10.7. The van der Waals surface area contributed by atoms with Gasteiger partial charge in [0.25, 0.3) is 5.91 Å². The third-order valence-corrected chi connectivity index (χ3v) is 6.09. The Morgan fingerprint density at radius 3 is 2.32 bits per heavy atom. The Bertz CT molecular complexity index is 875. The molecule has 2 aromatic rings. The summed E-state index contributed by atoms with van der Waals surface area (Å²) in [5.41, 5.74) is 2.49. The fourth-order valence-corrected chi connectivity index (χ4v) is 3.89. The van der Waals surface area contributed by atoms with E-state index in [0.717, 1.165) is 12.1 Å². The third kappa shape index (κ3) is 9.15. The zero-order valence-electron chi connectivity index (χ0n) is 17.1. The number of hydrogen-bond acceptors (Lipinski definition) is 2. The number of alkyl halides is 3. The molecule has 1 unspecified atom stereocenters. The Morgan fingerprint density at radius 2 is 1.71 bits per heavy atom. The van der Waals surface area contributed by atoms with Gasteiger partial charge in [-0.3, -0.25) is 4.79 Å². The van der Waals surface area contributed by atoms with Gasteiger partial charge in [-0.25, -0.2) is 0 Å². The van der Waals surface area contributed by atoms with Gasteiger partial charge in [-0.05, 0) is 70.8 Å². The van der Waals surface area contributed by atoms with E-state index in [0.29, 0.717) is 10.0 Å². The van der Waals surface area contributed by atoms with Crippen LogP contribution in [0.3, 0.4) is 0 Å². The molecule has 2 aromatic carbocycles. The van der Waals surface area contributed by atoms with E-state index in [9.17, 15) is 4.79 Å². The molecule has 0 spiro atoms. The summed E-state index contributed by atoms with van der Waals surface area (Å²) in [6, 6.07) is 15.0. The lowest BCUT2D eigenvalue weighted by Crippen LogP contribution is -2.56. The van der Waals surface area contributed by atoms with Crippen molar-refractivity contribution in [3.63, 3.8) is 0 Å². The number of carbonyl (C=O) groups excluding carboxylic acids is 1. The maximum absolute atomic E-state index is 12.6. The van der Waals surface area contributed by atoms with Crippen LogP contribution in [0.5, 0.6) is 0 Å². The highest BCUT2D eigenvalue weighted by atomic mass is 79.9. The van der Waals surface area contributed by atoms with Crippen LogP contribution in [-0.2, 0) is 6.42 Å². The molecule has 0 fully saturated rings. The Morgan fingerprint density at radius 1 is 1.03 bits per heavy atom. The van der Waals surface area contributed by atoms with E-state index in [4.69, 9.17) is 47.0 Å². The summed E-state index contributed by atoms with van der Waals surface area (Å²) >= 11 is 26.9. The fourth-order valence-electron chi connectivity index (χ4n) is 2.86. The molecule has 0 aromatic heterocycles. The summed E-state index contributed by atoms with van der Waals surface area (Å²) in [6.07, 6.45) is 4.93. The van der Waals surface area contributed by atoms with E-state index in [-0.39, 0.29) is 5.11 Å². The van der Waals surface area contributed by atoms with Crippen molar-refractivity contribution in [3.8, 4) is 0 Å². The normalized spacial score (nSPS) is 12.2. The van der Waals surface area contributed by atoms with Crippen LogP contribution in [-0.4, -0.2) is 21.0 Å². The number of nitrogens with one attached hydrogen (secondary N) is 3. The maximum atomic E-state index is 12.6. The van der Waals surface area contributed by atoms with E-state index in [1.165, 1.54) is 31.2 Å². The third-order valence-electron chi connectivity index (χ3n) is 4.53. The van der Waals surface area contributed by atoms with Crippen LogP contribution in [0.15, 0.2) is 53.0 Å². The lowest BCUT2D eigenvalue weighted by atomic mass is 10.1. The molecule has 31 heavy (non-hydrogen) atoms. The van der Waals surface area contributed by atoms with E-state index in [1.807, 2.05) is 12.1 Å². The average molecular weight is 566 g/mol. The van der Waals surface area contributed by atoms with Crippen LogP contribution in [0.4, 0.5) is 5.69 Å². The van der Waals surface area contributed by atoms with Crippen molar-refractivity contribution in [3.05, 3.63) is 64.1 Å². The number of benzene rings is 2. The first-order chi connectivity index (χ1) is 14.7. The highest BCUT2D eigenvalue weighted by molar-refractivity contribution is 9.10. The molecule has 4 nitrogen and oxygen atoms in total. The number of aryl methyl sites for hydroxylation is 1. The van der Waals surface area contributed by atoms with Crippen LogP contribution in [0, 0.1) is 0 Å². The predicted octanol–water partition coefficient (Wildman–Crippen LogP) is 6.98. The zero-order valence-corrected chi connectivity index (χ0v) is 21.7. The van der Waals surface area contributed by atoms with Gasteiger partial charge in [0.15, 0.2) is 5.11 Å². The first kappa shape index (κ1) is 26.2. The number of hydrogen-bond donors (Lipinski definition) is 3. The number of rotatable bonds is 9. The van der Waals surface area contributed by atoms with Crippen molar-refractivity contribution in [1.82, 2.24) is 10.6 Å². The van der Waals surface area contributed by atoms with Gasteiger partial charge in [0, 0.05) is 10.2 Å². The van der Waals surface area contributed by atoms with Gasteiger partial charge in [0.1, 0.15) is 6.17 Å². The molecule has 0 aliphatic heterocycles. The van der Waals surface area contributed by atoms with Crippen LogP contribution in [0.25, 0.3) is 0 Å². The molecular formula is C22H25BrCl3N3OS. The van der Waals surface area contributed by atoms with Crippen molar-refractivity contribution in [2.75, 3.05) is 5.32 Å². The number of halogens is 4. The SMILES string of the molecule is CCCCCCc1ccc(NC(=S)NC(NC(=O)c2ccccc2Br)C(Cl)(Cl)Cl)cc1. The van der Waals surface area contributed by atoms with Crippen LogP contribution in [0.1, 0.15) is 48.5 Å². The minimum absolute atomic E-state index is 0.222. The quantitative estimate of drug-likeness (QED) is 0.133. The molecule has 9 heteroatoms. The molecule has 0 radical (unpaired) electrons. The summed E-state index contributed by atoms with van der Waals surface area (Å²) in [6.45, 7) is 2.21. The lowest BCUT2D eigenvalue weighted by molar-refractivity contribution is 0.0933. The number of carbonyl (C=O) groups is 1. The van der Waals surface area contributed by atoms with E-state index >= 15 is 0 Å². The standard InChI is InChI=1S/C22H25BrCl3N3OS/c1-2-3-4-5-8-15-11-13-16(14-12-15)27-21(31)29-20(22(24,25)26)28-19(30)17-9-6-7-10-18(17)23/h6-7,9-14,20H,2-5,8H2,1H3,(H,28,30)(H2,27,29,31). The second kappa shape index (κ2) is 12.9. The summed E-state index contributed by atoms with van der Waals surface area (Å²) in [5.74, 6) is -0.411. The van der Waals surface area contributed by atoms with Gasteiger partial charge in [-0.1, -0.05) is 85.3 Å². The van der Waals surface area contributed by atoms with Crippen molar-refractivity contribution in [2.45, 2.75) is 49.0 Å². The molecule has 1 atom stereocenters. The highest BCUT2D eigenvalue weighted by Gasteiger charge is 2.35. The Hall–Kier alpha value is -1.05. The summed E-state index contributed by atoms with van der Waals surface area (Å²) in [7, 11) is 0. The minimum atomic E-state index is -1.83. The van der Waals surface area contributed by atoms with Gasteiger partial charge in [-0.15, -0.1) is 0 Å². The first-order valence-corrected chi connectivity index (χ1v) is 12.3. The van der Waals surface area contributed by atoms with Crippen molar-refractivity contribution >= 4 is 79.7 Å². The average Bonchev–Trinajstić information content (AvgIpc) is 2.71. The Labute approximate surface area is 212 Å². The van der Waals surface area contributed by atoms with Gasteiger partial charge in [-0.2, -0.15) is 0 Å². The predicted molar refractivity (Wildman–Crippen MR) is 139 cm³/mol. The highest BCUT2D eigenvalue weighted by Crippen LogP contribution is 2.29. The molecule has 0 heterocycles.